The van der Waals surface area contributed by atoms with Crippen molar-refractivity contribution in [2.24, 2.45) is 0 Å². The van der Waals surface area contributed by atoms with Crippen LogP contribution >= 0.6 is 0 Å². The van der Waals surface area contributed by atoms with E-state index in [1.54, 1.807) is 0 Å². The highest BCUT2D eigenvalue weighted by Gasteiger charge is 2.38. The Labute approximate surface area is 173 Å². The van der Waals surface area contributed by atoms with Crippen molar-refractivity contribution >= 4 is 16.9 Å². The van der Waals surface area contributed by atoms with Crippen molar-refractivity contribution in [3.05, 3.63) is 36.1 Å². The number of morpholine rings is 1. The van der Waals surface area contributed by atoms with Crippen LogP contribution in [0.15, 0.2) is 34.7 Å². The normalized spacial score (nSPS) is 21.1. The summed E-state index contributed by atoms with van der Waals surface area (Å²) in [6.07, 6.45) is 6.12. The zero-order valence-electron chi connectivity index (χ0n) is 17.4. The number of carbonyl (C=O) groups is 1. The molecule has 2 heterocycles. The Morgan fingerprint density at radius 2 is 1.93 bits per heavy atom. The van der Waals surface area contributed by atoms with Gasteiger partial charge in [0.1, 0.15) is 11.3 Å². The van der Waals surface area contributed by atoms with Gasteiger partial charge in [-0.3, -0.25) is 15.0 Å². The van der Waals surface area contributed by atoms with E-state index < -0.39 is 0 Å². The number of nitrogens with zero attached hydrogens (tertiary/aromatic N) is 1. The molecule has 1 aliphatic carbocycles. The summed E-state index contributed by atoms with van der Waals surface area (Å²) in [5, 5.41) is 7.60. The third kappa shape index (κ3) is 4.82. The predicted octanol–water partition coefficient (Wildman–Crippen LogP) is 3.23. The summed E-state index contributed by atoms with van der Waals surface area (Å²) in [5.41, 5.74) is 0.979. The lowest BCUT2D eigenvalue weighted by Crippen LogP contribution is -2.60. The minimum atomic E-state index is -0.0176. The molecule has 1 aromatic heterocycles. The molecule has 1 aromatic carbocycles. The van der Waals surface area contributed by atoms with Gasteiger partial charge >= 0.3 is 0 Å². The zero-order chi connectivity index (χ0) is 20.1. The number of benzene rings is 1. The number of amides is 1. The van der Waals surface area contributed by atoms with Crippen LogP contribution in [0.2, 0.25) is 0 Å². The molecule has 1 amide bonds. The Balaban J connectivity index is 1.30. The summed E-state index contributed by atoms with van der Waals surface area (Å²) >= 11 is 0. The molecule has 1 aliphatic heterocycles. The van der Waals surface area contributed by atoms with Crippen LogP contribution in [-0.4, -0.2) is 55.7 Å². The van der Waals surface area contributed by atoms with E-state index in [9.17, 15) is 4.79 Å². The van der Waals surface area contributed by atoms with Crippen molar-refractivity contribution in [2.45, 2.75) is 50.6 Å². The van der Waals surface area contributed by atoms with E-state index in [1.165, 1.54) is 19.3 Å². The van der Waals surface area contributed by atoms with Gasteiger partial charge in [0.05, 0.1) is 25.8 Å². The van der Waals surface area contributed by atoms with Crippen molar-refractivity contribution in [3.8, 4) is 0 Å². The zero-order valence-corrected chi connectivity index (χ0v) is 17.4. The van der Waals surface area contributed by atoms with Crippen molar-refractivity contribution < 1.29 is 13.9 Å². The van der Waals surface area contributed by atoms with Crippen LogP contribution in [0.4, 0.5) is 0 Å². The number of furan rings is 1. The second kappa shape index (κ2) is 9.28. The van der Waals surface area contributed by atoms with E-state index >= 15 is 0 Å². The van der Waals surface area contributed by atoms with Gasteiger partial charge in [-0.2, -0.15) is 0 Å². The first-order chi connectivity index (χ1) is 14.2. The van der Waals surface area contributed by atoms with E-state index in [-0.39, 0.29) is 24.0 Å². The maximum atomic E-state index is 12.6. The monoisotopic (exact) mass is 399 g/mol. The van der Waals surface area contributed by atoms with E-state index in [2.05, 4.69) is 15.5 Å². The molecule has 1 saturated carbocycles. The molecule has 2 N–H and O–H groups in total. The lowest BCUT2D eigenvalue weighted by Gasteiger charge is -2.48. The van der Waals surface area contributed by atoms with Gasteiger partial charge in [-0.05, 0) is 31.9 Å². The van der Waals surface area contributed by atoms with Crippen molar-refractivity contribution in [1.82, 2.24) is 15.5 Å². The largest absolute Gasteiger partial charge is 0.459 e. The summed E-state index contributed by atoms with van der Waals surface area (Å²) in [7, 11) is 0. The summed E-state index contributed by atoms with van der Waals surface area (Å²) in [6.45, 7) is 6.58. The number of fused-ring (bicyclic) bond motifs is 1. The number of nitrogens with one attached hydrogen (secondary N) is 2. The molecule has 2 aromatic rings. The number of hydrogen-bond donors (Lipinski definition) is 2. The Morgan fingerprint density at radius 1 is 1.17 bits per heavy atom. The standard InChI is InChI=1S/C23H33N3O3/c1-18(21-15-19-7-3-4-8-20(19)29-21)24-16-22(27)25-17-23(9-5-2-6-10-23)26-11-13-28-14-12-26/h3-4,7-8,15,18,24H,2,5-6,9-14,16-17H2,1H3,(H,25,27). The molecule has 6 nitrogen and oxygen atoms in total. The molecule has 29 heavy (non-hydrogen) atoms. The van der Waals surface area contributed by atoms with Gasteiger partial charge in [0, 0.05) is 30.6 Å². The highest BCUT2D eigenvalue weighted by Crippen LogP contribution is 2.33. The molecular weight excluding hydrogens is 366 g/mol. The first-order valence-electron chi connectivity index (χ1n) is 11.0. The predicted molar refractivity (Wildman–Crippen MR) is 114 cm³/mol. The van der Waals surface area contributed by atoms with Crippen LogP contribution < -0.4 is 10.6 Å². The van der Waals surface area contributed by atoms with Gasteiger partial charge in [-0.25, -0.2) is 0 Å². The molecule has 1 atom stereocenters. The average molecular weight is 400 g/mol. The fraction of sp³-hybridized carbons (Fsp3) is 0.609. The Kier molecular flexibility index (Phi) is 6.53. The summed E-state index contributed by atoms with van der Waals surface area (Å²) < 4.78 is 11.4. The lowest BCUT2D eigenvalue weighted by molar-refractivity contribution is -0.121. The quantitative estimate of drug-likeness (QED) is 0.748. The molecular formula is C23H33N3O3. The van der Waals surface area contributed by atoms with E-state index in [0.717, 1.165) is 62.4 Å². The number of hydrogen-bond acceptors (Lipinski definition) is 5. The smallest absolute Gasteiger partial charge is 0.234 e. The van der Waals surface area contributed by atoms with Gasteiger partial charge < -0.3 is 14.5 Å². The third-order valence-corrected chi connectivity index (χ3v) is 6.52. The Bertz CT molecular complexity index is 774. The first kappa shape index (κ1) is 20.4. The van der Waals surface area contributed by atoms with E-state index in [1.807, 2.05) is 37.3 Å². The topological polar surface area (TPSA) is 66.7 Å². The fourth-order valence-electron chi connectivity index (χ4n) is 4.74. The highest BCUT2D eigenvalue weighted by molar-refractivity contribution is 5.79. The second-order valence-corrected chi connectivity index (χ2v) is 8.45. The second-order valence-electron chi connectivity index (χ2n) is 8.45. The van der Waals surface area contributed by atoms with Crippen molar-refractivity contribution in [2.75, 3.05) is 39.4 Å². The molecule has 0 bridgehead atoms. The summed E-state index contributed by atoms with van der Waals surface area (Å²) in [4.78, 5) is 15.1. The van der Waals surface area contributed by atoms with Crippen molar-refractivity contribution in [1.29, 1.82) is 0 Å². The van der Waals surface area contributed by atoms with Crippen molar-refractivity contribution in [3.63, 3.8) is 0 Å². The number of carbonyl (C=O) groups excluding carboxylic acids is 1. The third-order valence-electron chi connectivity index (χ3n) is 6.52. The molecule has 1 unspecified atom stereocenters. The van der Waals surface area contributed by atoms with Gasteiger partial charge in [-0.1, -0.05) is 37.5 Å². The minimum absolute atomic E-state index is 0.0176. The van der Waals surface area contributed by atoms with E-state index in [4.69, 9.17) is 9.15 Å². The molecule has 2 aliphatic rings. The van der Waals surface area contributed by atoms with Gasteiger partial charge in [0.25, 0.3) is 0 Å². The molecule has 2 fully saturated rings. The Hall–Kier alpha value is -1.89. The molecule has 0 radical (unpaired) electrons. The van der Waals surface area contributed by atoms with Gasteiger partial charge in [-0.15, -0.1) is 0 Å². The Morgan fingerprint density at radius 3 is 2.69 bits per heavy atom. The van der Waals surface area contributed by atoms with Crippen LogP contribution in [0.25, 0.3) is 11.0 Å². The van der Waals surface area contributed by atoms with Crippen LogP contribution in [0.1, 0.15) is 50.8 Å². The molecule has 0 spiro atoms. The number of para-hydroxylation sites is 1. The van der Waals surface area contributed by atoms with Crippen LogP contribution in [0, 0.1) is 0 Å². The number of ether oxygens (including phenoxy) is 1. The summed E-state index contributed by atoms with van der Waals surface area (Å²) in [6, 6.07) is 10.0. The molecule has 1 saturated heterocycles. The SMILES string of the molecule is CC(NCC(=O)NCC1(N2CCOCC2)CCCCC1)c1cc2ccccc2o1. The van der Waals surface area contributed by atoms with Crippen LogP contribution in [-0.2, 0) is 9.53 Å². The maximum absolute atomic E-state index is 12.6. The minimum Gasteiger partial charge on any atom is -0.459 e. The molecule has 6 heteroatoms. The molecule has 158 valence electrons. The maximum Gasteiger partial charge on any atom is 0.234 e. The highest BCUT2D eigenvalue weighted by atomic mass is 16.5. The fourth-order valence-corrected chi connectivity index (χ4v) is 4.74. The first-order valence-corrected chi connectivity index (χ1v) is 11.0. The van der Waals surface area contributed by atoms with Gasteiger partial charge in [0.15, 0.2) is 0 Å². The molecule has 4 rings (SSSR count). The van der Waals surface area contributed by atoms with Crippen LogP contribution in [0.5, 0.6) is 0 Å². The van der Waals surface area contributed by atoms with Gasteiger partial charge in [0.2, 0.25) is 5.91 Å². The summed E-state index contributed by atoms with van der Waals surface area (Å²) in [5.74, 6) is 0.905. The average Bonchev–Trinajstić information content (AvgIpc) is 3.22. The van der Waals surface area contributed by atoms with E-state index in [0.29, 0.717) is 0 Å². The lowest BCUT2D eigenvalue weighted by atomic mass is 9.79. The van der Waals surface area contributed by atoms with Crippen LogP contribution in [0.3, 0.4) is 0 Å². The number of rotatable bonds is 7.